The number of piperidine rings is 1. The summed E-state index contributed by atoms with van der Waals surface area (Å²) in [6.07, 6.45) is 3.74. The molecule has 1 unspecified atom stereocenters. The molecular formula is C17H25N5O2. The number of carbonyl (C=O) groups excluding carboxylic acids is 1. The minimum atomic E-state index is -0.415. The van der Waals surface area contributed by atoms with E-state index in [2.05, 4.69) is 15.3 Å². The summed E-state index contributed by atoms with van der Waals surface area (Å²) in [5, 5.41) is 17.7. The highest BCUT2D eigenvalue weighted by molar-refractivity contribution is 5.94. The molecule has 0 aromatic carbocycles. The number of aryl methyl sites for hydroxylation is 2. The highest BCUT2D eigenvalue weighted by Gasteiger charge is 2.26. The zero-order valence-electron chi connectivity index (χ0n) is 14.5. The maximum absolute atomic E-state index is 12.6. The molecule has 2 aromatic rings. The molecule has 130 valence electrons. The normalized spacial score (nSPS) is 17.2. The zero-order valence-corrected chi connectivity index (χ0v) is 14.5. The molecule has 1 atom stereocenters. The summed E-state index contributed by atoms with van der Waals surface area (Å²) < 4.78 is 1.88. The number of nitrogens with one attached hydrogen (secondary N) is 1. The molecule has 1 fully saturated rings. The molecule has 1 amide bonds. The molecule has 1 aliphatic heterocycles. The molecule has 2 aromatic heterocycles. The van der Waals surface area contributed by atoms with Gasteiger partial charge in [-0.2, -0.15) is 0 Å². The summed E-state index contributed by atoms with van der Waals surface area (Å²) in [5.74, 6) is 0.0763. The van der Waals surface area contributed by atoms with Gasteiger partial charge in [-0.25, -0.2) is 4.68 Å². The number of aliphatic hydroxyl groups is 1. The van der Waals surface area contributed by atoms with E-state index in [0.717, 1.165) is 29.8 Å². The van der Waals surface area contributed by atoms with Crippen LogP contribution < -0.4 is 0 Å². The first-order valence-electron chi connectivity index (χ1n) is 8.48. The van der Waals surface area contributed by atoms with E-state index in [9.17, 15) is 9.90 Å². The fraction of sp³-hybridized carbons (Fsp3) is 0.588. The van der Waals surface area contributed by atoms with Gasteiger partial charge in [0.2, 0.25) is 0 Å². The monoisotopic (exact) mass is 331 g/mol. The van der Waals surface area contributed by atoms with Crippen molar-refractivity contribution in [3.05, 3.63) is 34.9 Å². The minimum Gasteiger partial charge on any atom is -0.393 e. The summed E-state index contributed by atoms with van der Waals surface area (Å²) in [4.78, 5) is 17.7. The van der Waals surface area contributed by atoms with E-state index < -0.39 is 6.10 Å². The van der Waals surface area contributed by atoms with E-state index in [1.165, 1.54) is 0 Å². The number of hydrogen-bond acceptors (Lipinski definition) is 4. The SMILES string of the molecule is Cc1cc(C)c(C(=O)N2CCC(n3cc(CC(C)O)nn3)CC2)[nH]1. The third-order valence-electron chi connectivity index (χ3n) is 4.55. The Morgan fingerprint density at radius 2 is 2.12 bits per heavy atom. The molecule has 0 aliphatic carbocycles. The number of carbonyl (C=O) groups is 1. The minimum absolute atomic E-state index is 0.0763. The highest BCUT2D eigenvalue weighted by atomic mass is 16.3. The standard InChI is InChI=1S/C17H25N5O2/c1-11-8-12(2)18-16(11)17(24)21-6-4-15(5-7-21)22-10-14(19-20-22)9-13(3)23/h8,10,13,15,18,23H,4-7,9H2,1-3H3. The van der Waals surface area contributed by atoms with Crippen molar-refractivity contribution in [2.24, 2.45) is 0 Å². The van der Waals surface area contributed by atoms with Gasteiger partial charge in [0.1, 0.15) is 5.69 Å². The van der Waals surface area contributed by atoms with Crippen LogP contribution in [0.2, 0.25) is 0 Å². The summed E-state index contributed by atoms with van der Waals surface area (Å²) in [6.45, 7) is 7.10. The van der Waals surface area contributed by atoms with Crippen LogP contribution in [0.5, 0.6) is 0 Å². The molecule has 0 spiro atoms. The fourth-order valence-corrected chi connectivity index (χ4v) is 3.33. The van der Waals surface area contributed by atoms with E-state index in [1.54, 1.807) is 6.92 Å². The van der Waals surface area contributed by atoms with E-state index >= 15 is 0 Å². The molecule has 0 saturated carbocycles. The second kappa shape index (κ2) is 6.76. The number of aromatic amines is 1. The van der Waals surface area contributed by atoms with E-state index in [0.29, 0.717) is 25.2 Å². The van der Waals surface area contributed by atoms with Crippen LogP contribution in [-0.4, -0.2) is 55.1 Å². The van der Waals surface area contributed by atoms with Gasteiger partial charge in [-0.3, -0.25) is 4.79 Å². The Hall–Kier alpha value is -2.15. The maximum atomic E-state index is 12.6. The van der Waals surface area contributed by atoms with Crippen LogP contribution in [0.3, 0.4) is 0 Å². The lowest BCUT2D eigenvalue weighted by atomic mass is 10.0. The average Bonchev–Trinajstić information content (AvgIpc) is 3.12. The summed E-state index contributed by atoms with van der Waals surface area (Å²) >= 11 is 0. The lowest BCUT2D eigenvalue weighted by Gasteiger charge is -2.31. The van der Waals surface area contributed by atoms with Crippen LogP contribution in [0.1, 0.15) is 53.2 Å². The average molecular weight is 331 g/mol. The van der Waals surface area contributed by atoms with Crippen molar-refractivity contribution in [1.29, 1.82) is 0 Å². The fourth-order valence-electron chi connectivity index (χ4n) is 3.33. The third-order valence-corrected chi connectivity index (χ3v) is 4.55. The van der Waals surface area contributed by atoms with Crippen molar-refractivity contribution in [1.82, 2.24) is 24.9 Å². The number of likely N-dealkylation sites (tertiary alicyclic amines) is 1. The largest absolute Gasteiger partial charge is 0.393 e. The van der Waals surface area contributed by atoms with Crippen LogP contribution in [0, 0.1) is 13.8 Å². The Balaban J connectivity index is 1.60. The Morgan fingerprint density at radius 1 is 1.42 bits per heavy atom. The van der Waals surface area contributed by atoms with E-state index in [4.69, 9.17) is 0 Å². The van der Waals surface area contributed by atoms with Crippen LogP contribution >= 0.6 is 0 Å². The second-order valence-electron chi connectivity index (χ2n) is 6.78. The van der Waals surface area contributed by atoms with Crippen molar-refractivity contribution in [3.8, 4) is 0 Å². The number of aliphatic hydroxyl groups excluding tert-OH is 1. The van der Waals surface area contributed by atoms with Crippen LogP contribution in [0.15, 0.2) is 12.3 Å². The molecule has 2 N–H and O–H groups in total. The van der Waals surface area contributed by atoms with E-state index in [-0.39, 0.29) is 11.9 Å². The van der Waals surface area contributed by atoms with Crippen molar-refractivity contribution in [2.75, 3.05) is 13.1 Å². The van der Waals surface area contributed by atoms with Gasteiger partial charge in [0.25, 0.3) is 5.91 Å². The second-order valence-corrected chi connectivity index (χ2v) is 6.78. The molecule has 3 heterocycles. The van der Waals surface area contributed by atoms with Gasteiger partial charge in [0, 0.05) is 31.4 Å². The summed E-state index contributed by atoms with van der Waals surface area (Å²) in [6, 6.07) is 2.26. The van der Waals surface area contributed by atoms with Crippen LogP contribution in [0.4, 0.5) is 0 Å². The molecule has 7 heteroatoms. The first-order valence-corrected chi connectivity index (χ1v) is 8.48. The highest BCUT2D eigenvalue weighted by Crippen LogP contribution is 2.23. The number of H-pyrrole nitrogens is 1. The predicted octanol–water partition coefficient (Wildman–Crippen LogP) is 1.62. The molecule has 0 bridgehead atoms. The number of amides is 1. The third kappa shape index (κ3) is 3.51. The zero-order chi connectivity index (χ0) is 17.3. The van der Waals surface area contributed by atoms with Crippen molar-refractivity contribution in [2.45, 2.75) is 52.2 Å². The van der Waals surface area contributed by atoms with E-state index in [1.807, 2.05) is 35.7 Å². The first-order chi connectivity index (χ1) is 11.4. The van der Waals surface area contributed by atoms with Crippen LogP contribution in [0.25, 0.3) is 0 Å². The molecule has 7 nitrogen and oxygen atoms in total. The molecule has 3 rings (SSSR count). The summed E-state index contributed by atoms with van der Waals surface area (Å²) in [5.41, 5.74) is 3.52. The smallest absolute Gasteiger partial charge is 0.270 e. The quantitative estimate of drug-likeness (QED) is 0.891. The number of aromatic nitrogens is 4. The van der Waals surface area contributed by atoms with Gasteiger partial charge < -0.3 is 15.0 Å². The van der Waals surface area contributed by atoms with Crippen molar-refractivity contribution < 1.29 is 9.90 Å². The topological polar surface area (TPSA) is 87.0 Å². The molecule has 1 saturated heterocycles. The Labute approximate surface area is 141 Å². The number of hydrogen-bond donors (Lipinski definition) is 2. The molecule has 1 aliphatic rings. The first kappa shape index (κ1) is 16.7. The summed E-state index contributed by atoms with van der Waals surface area (Å²) in [7, 11) is 0. The Bertz CT molecular complexity index is 710. The molecular weight excluding hydrogens is 306 g/mol. The van der Waals surface area contributed by atoms with Gasteiger partial charge in [-0.05, 0) is 45.2 Å². The van der Waals surface area contributed by atoms with Crippen LogP contribution in [-0.2, 0) is 6.42 Å². The van der Waals surface area contributed by atoms with Crippen molar-refractivity contribution in [3.63, 3.8) is 0 Å². The number of rotatable bonds is 4. The van der Waals surface area contributed by atoms with Gasteiger partial charge in [-0.15, -0.1) is 5.10 Å². The molecule has 24 heavy (non-hydrogen) atoms. The lowest BCUT2D eigenvalue weighted by Crippen LogP contribution is -2.39. The Kier molecular flexibility index (Phi) is 4.71. The predicted molar refractivity (Wildman–Crippen MR) is 89.8 cm³/mol. The van der Waals surface area contributed by atoms with Gasteiger partial charge in [0.05, 0.1) is 17.8 Å². The Morgan fingerprint density at radius 3 is 2.71 bits per heavy atom. The van der Waals surface area contributed by atoms with Gasteiger partial charge in [-0.1, -0.05) is 5.21 Å². The lowest BCUT2D eigenvalue weighted by molar-refractivity contribution is 0.0683. The van der Waals surface area contributed by atoms with Gasteiger partial charge in [0.15, 0.2) is 0 Å². The van der Waals surface area contributed by atoms with Crippen molar-refractivity contribution >= 4 is 5.91 Å². The number of nitrogens with zero attached hydrogens (tertiary/aromatic N) is 4. The maximum Gasteiger partial charge on any atom is 0.270 e. The molecule has 0 radical (unpaired) electrons. The van der Waals surface area contributed by atoms with Gasteiger partial charge >= 0.3 is 0 Å².